The summed E-state index contributed by atoms with van der Waals surface area (Å²) in [5.74, 6) is 1.31. The van der Waals surface area contributed by atoms with Gasteiger partial charge in [-0.05, 0) is 35.6 Å². The molecular weight excluding hydrogens is 238 g/mol. The smallest absolute Gasteiger partial charge is 0.0345 e. The zero-order valence-corrected chi connectivity index (χ0v) is 11.7. The van der Waals surface area contributed by atoms with Crippen molar-refractivity contribution in [3.05, 3.63) is 47.3 Å². The van der Waals surface area contributed by atoms with Crippen molar-refractivity contribution < 1.29 is 0 Å². The SMILES string of the molecule is CC1(C)[C@@H](CN)[C@@H]1c1ccc(-c2ccccc2)s1. The topological polar surface area (TPSA) is 26.0 Å². The molecule has 0 saturated heterocycles. The molecule has 1 aliphatic rings. The molecule has 0 bridgehead atoms. The maximum absolute atomic E-state index is 5.86. The molecule has 2 N–H and O–H groups in total. The van der Waals surface area contributed by atoms with E-state index < -0.39 is 0 Å². The lowest BCUT2D eigenvalue weighted by atomic mass is 10.1. The molecule has 1 fully saturated rings. The average Bonchev–Trinajstić information content (AvgIpc) is 2.77. The number of hydrogen-bond donors (Lipinski definition) is 1. The Labute approximate surface area is 113 Å². The second-order valence-corrected chi connectivity index (χ2v) is 6.82. The van der Waals surface area contributed by atoms with Crippen LogP contribution >= 0.6 is 11.3 Å². The Kier molecular flexibility index (Phi) is 2.80. The van der Waals surface area contributed by atoms with Crippen LogP contribution in [0.25, 0.3) is 10.4 Å². The van der Waals surface area contributed by atoms with Crippen LogP contribution in [0.1, 0.15) is 24.6 Å². The van der Waals surface area contributed by atoms with Crippen molar-refractivity contribution in [2.24, 2.45) is 17.1 Å². The van der Waals surface area contributed by atoms with Gasteiger partial charge in [-0.25, -0.2) is 0 Å². The van der Waals surface area contributed by atoms with Gasteiger partial charge in [-0.1, -0.05) is 44.2 Å². The van der Waals surface area contributed by atoms with E-state index >= 15 is 0 Å². The molecule has 1 aromatic heterocycles. The molecule has 2 aromatic rings. The minimum absolute atomic E-state index is 0.383. The van der Waals surface area contributed by atoms with E-state index in [1.54, 1.807) is 0 Å². The van der Waals surface area contributed by atoms with E-state index in [0.29, 0.717) is 17.3 Å². The Bertz CT molecular complexity index is 541. The lowest BCUT2D eigenvalue weighted by molar-refractivity contribution is 0.559. The number of thiophene rings is 1. The fraction of sp³-hybridized carbons (Fsp3) is 0.375. The normalized spacial score (nSPS) is 25.1. The first-order valence-electron chi connectivity index (χ1n) is 6.50. The molecule has 94 valence electrons. The summed E-state index contributed by atoms with van der Waals surface area (Å²) >= 11 is 1.92. The Morgan fingerprint density at radius 2 is 1.83 bits per heavy atom. The first-order chi connectivity index (χ1) is 8.64. The van der Waals surface area contributed by atoms with Crippen molar-refractivity contribution in [1.29, 1.82) is 0 Å². The van der Waals surface area contributed by atoms with Crippen molar-refractivity contribution >= 4 is 11.3 Å². The third-order valence-corrected chi connectivity index (χ3v) is 5.51. The van der Waals surface area contributed by atoms with Crippen molar-refractivity contribution in [3.8, 4) is 10.4 Å². The minimum atomic E-state index is 0.383. The average molecular weight is 257 g/mol. The molecule has 18 heavy (non-hydrogen) atoms. The summed E-state index contributed by atoms with van der Waals surface area (Å²) in [5.41, 5.74) is 7.56. The fourth-order valence-electron chi connectivity index (χ4n) is 3.03. The first kappa shape index (κ1) is 11.9. The van der Waals surface area contributed by atoms with Gasteiger partial charge in [-0.15, -0.1) is 11.3 Å². The van der Waals surface area contributed by atoms with Gasteiger partial charge in [0.15, 0.2) is 0 Å². The van der Waals surface area contributed by atoms with E-state index in [0.717, 1.165) is 6.54 Å². The molecule has 1 aliphatic carbocycles. The van der Waals surface area contributed by atoms with Crippen LogP contribution in [0.3, 0.4) is 0 Å². The monoisotopic (exact) mass is 257 g/mol. The van der Waals surface area contributed by atoms with Gasteiger partial charge < -0.3 is 5.73 Å². The summed E-state index contributed by atoms with van der Waals surface area (Å²) in [6, 6.07) is 15.1. The highest BCUT2D eigenvalue weighted by atomic mass is 32.1. The van der Waals surface area contributed by atoms with Crippen LogP contribution in [-0.2, 0) is 0 Å². The summed E-state index contributed by atoms with van der Waals surface area (Å²) in [5, 5.41) is 0. The second kappa shape index (κ2) is 4.22. The third kappa shape index (κ3) is 1.80. The molecule has 0 amide bonds. The molecule has 2 atom stereocenters. The Morgan fingerprint density at radius 3 is 2.44 bits per heavy atom. The van der Waals surface area contributed by atoms with E-state index in [-0.39, 0.29) is 0 Å². The molecule has 0 unspecified atom stereocenters. The quantitative estimate of drug-likeness (QED) is 0.879. The lowest BCUT2D eigenvalue weighted by Crippen LogP contribution is -2.05. The molecule has 0 spiro atoms. The highest BCUT2D eigenvalue weighted by Gasteiger charge is 2.57. The Balaban J connectivity index is 1.88. The van der Waals surface area contributed by atoms with E-state index in [1.807, 2.05) is 11.3 Å². The van der Waals surface area contributed by atoms with Gasteiger partial charge in [0.25, 0.3) is 0 Å². The highest BCUT2D eigenvalue weighted by Crippen LogP contribution is 2.65. The van der Waals surface area contributed by atoms with Crippen LogP contribution in [0, 0.1) is 11.3 Å². The Hall–Kier alpha value is -1.12. The Morgan fingerprint density at radius 1 is 1.11 bits per heavy atom. The van der Waals surface area contributed by atoms with Gasteiger partial charge in [-0.3, -0.25) is 0 Å². The lowest BCUT2D eigenvalue weighted by Gasteiger charge is -1.99. The summed E-state index contributed by atoms with van der Waals surface area (Å²) in [7, 11) is 0. The molecule has 0 aliphatic heterocycles. The molecule has 1 nitrogen and oxygen atoms in total. The van der Waals surface area contributed by atoms with Crippen LogP contribution in [0.2, 0.25) is 0 Å². The van der Waals surface area contributed by atoms with Gasteiger partial charge in [0, 0.05) is 15.7 Å². The predicted octanol–water partition coefficient (Wildman–Crippen LogP) is 4.11. The molecule has 0 radical (unpaired) electrons. The molecular formula is C16H19NS. The van der Waals surface area contributed by atoms with E-state index in [1.165, 1.54) is 15.3 Å². The van der Waals surface area contributed by atoms with E-state index in [9.17, 15) is 0 Å². The highest BCUT2D eigenvalue weighted by molar-refractivity contribution is 7.15. The summed E-state index contributed by atoms with van der Waals surface area (Å²) in [4.78, 5) is 2.86. The zero-order chi connectivity index (χ0) is 12.8. The van der Waals surface area contributed by atoms with Crippen molar-refractivity contribution in [2.45, 2.75) is 19.8 Å². The zero-order valence-electron chi connectivity index (χ0n) is 10.9. The third-order valence-electron chi connectivity index (χ3n) is 4.30. The molecule has 2 heteroatoms. The number of benzene rings is 1. The maximum Gasteiger partial charge on any atom is 0.0345 e. The molecule has 3 rings (SSSR count). The van der Waals surface area contributed by atoms with Gasteiger partial charge >= 0.3 is 0 Å². The van der Waals surface area contributed by atoms with E-state index in [4.69, 9.17) is 5.73 Å². The van der Waals surface area contributed by atoms with Crippen LogP contribution in [0.5, 0.6) is 0 Å². The number of rotatable bonds is 3. The maximum atomic E-state index is 5.86. The fourth-order valence-corrected chi connectivity index (χ4v) is 4.40. The predicted molar refractivity (Wildman–Crippen MR) is 78.8 cm³/mol. The van der Waals surface area contributed by atoms with Crippen molar-refractivity contribution in [2.75, 3.05) is 6.54 Å². The van der Waals surface area contributed by atoms with Crippen LogP contribution in [-0.4, -0.2) is 6.54 Å². The molecule has 1 heterocycles. The number of hydrogen-bond acceptors (Lipinski definition) is 2. The standard InChI is InChI=1S/C16H19NS/c1-16(2)12(10-17)15(16)14-9-8-13(18-14)11-6-4-3-5-7-11/h3-9,12,15H,10,17H2,1-2H3/t12-,15+/m0/s1. The van der Waals surface area contributed by atoms with Crippen LogP contribution < -0.4 is 5.73 Å². The van der Waals surface area contributed by atoms with Crippen molar-refractivity contribution in [3.63, 3.8) is 0 Å². The van der Waals surface area contributed by atoms with Crippen LogP contribution in [0.4, 0.5) is 0 Å². The molecule has 1 saturated carbocycles. The largest absolute Gasteiger partial charge is 0.330 e. The van der Waals surface area contributed by atoms with Crippen LogP contribution in [0.15, 0.2) is 42.5 Å². The molecule has 1 aromatic carbocycles. The number of nitrogens with two attached hydrogens (primary N) is 1. The minimum Gasteiger partial charge on any atom is -0.330 e. The van der Waals surface area contributed by atoms with E-state index in [2.05, 4.69) is 56.3 Å². The second-order valence-electron chi connectivity index (χ2n) is 5.71. The van der Waals surface area contributed by atoms with Gasteiger partial charge in [0.05, 0.1) is 0 Å². The van der Waals surface area contributed by atoms with Gasteiger partial charge in [0.2, 0.25) is 0 Å². The summed E-state index contributed by atoms with van der Waals surface area (Å²) in [6.07, 6.45) is 0. The first-order valence-corrected chi connectivity index (χ1v) is 7.31. The summed E-state index contributed by atoms with van der Waals surface area (Å²) < 4.78 is 0. The van der Waals surface area contributed by atoms with Gasteiger partial charge in [0.1, 0.15) is 0 Å². The summed E-state index contributed by atoms with van der Waals surface area (Å²) in [6.45, 7) is 5.46. The van der Waals surface area contributed by atoms with Crippen molar-refractivity contribution in [1.82, 2.24) is 0 Å². The van der Waals surface area contributed by atoms with Gasteiger partial charge in [-0.2, -0.15) is 0 Å².